The normalized spacial score (nSPS) is 49.6. The van der Waals surface area contributed by atoms with Crippen LogP contribution in [0.1, 0.15) is 52.9 Å². The van der Waals surface area contributed by atoms with Gasteiger partial charge in [0.1, 0.15) is 6.10 Å². The summed E-state index contributed by atoms with van der Waals surface area (Å²) in [7, 11) is 0. The number of fused-ring (bicyclic) bond motifs is 4. The van der Waals surface area contributed by atoms with Crippen LogP contribution in [0.4, 0.5) is 0 Å². The van der Waals surface area contributed by atoms with Crippen LogP contribution in [0.3, 0.4) is 0 Å². The molecule has 0 aromatic rings. The van der Waals surface area contributed by atoms with Crippen LogP contribution in [0.2, 0.25) is 0 Å². The average Bonchev–Trinajstić information content (AvgIpc) is 2.80. The Kier molecular flexibility index (Phi) is 4.86. The van der Waals surface area contributed by atoms with Crippen molar-refractivity contribution in [1.29, 1.82) is 0 Å². The summed E-state index contributed by atoms with van der Waals surface area (Å²) in [5.74, 6) is -0.285. The molecule has 0 saturated carbocycles. The maximum absolute atomic E-state index is 12.0. The third-order valence-electron chi connectivity index (χ3n) is 6.07. The number of ether oxygens (including phenoxy) is 2. The fourth-order valence-electron chi connectivity index (χ4n) is 4.33. The number of rotatable bonds is 0. The van der Waals surface area contributed by atoms with E-state index in [-0.39, 0.29) is 30.0 Å². The number of aliphatic hydroxyl groups is 2. The third kappa shape index (κ3) is 3.69. The fourth-order valence-corrected chi connectivity index (χ4v) is 4.33. The molecule has 0 aliphatic carbocycles. The van der Waals surface area contributed by atoms with Crippen molar-refractivity contribution in [2.75, 3.05) is 0 Å². The van der Waals surface area contributed by atoms with Crippen LogP contribution in [0.15, 0.2) is 24.3 Å². The van der Waals surface area contributed by atoms with Gasteiger partial charge in [0.15, 0.2) is 0 Å². The predicted molar refractivity (Wildman–Crippen MR) is 93.8 cm³/mol. The molecule has 25 heavy (non-hydrogen) atoms. The van der Waals surface area contributed by atoms with Crippen molar-refractivity contribution >= 4 is 5.97 Å². The Morgan fingerprint density at radius 2 is 2.00 bits per heavy atom. The largest absolute Gasteiger partial charge is 0.456 e. The molecule has 5 heteroatoms. The van der Waals surface area contributed by atoms with Gasteiger partial charge in [-0.15, -0.1) is 0 Å². The first kappa shape index (κ1) is 18.6. The monoisotopic (exact) mass is 350 g/mol. The lowest BCUT2D eigenvalue weighted by atomic mass is 9.76. The minimum Gasteiger partial charge on any atom is -0.456 e. The van der Waals surface area contributed by atoms with Gasteiger partial charge in [-0.05, 0) is 51.9 Å². The van der Waals surface area contributed by atoms with Crippen molar-refractivity contribution in [2.45, 2.75) is 82.4 Å². The fraction of sp³-hybridized carbons (Fsp3) is 0.750. The second-order valence-corrected chi connectivity index (χ2v) is 8.52. The van der Waals surface area contributed by atoms with Crippen LogP contribution in [0, 0.1) is 11.8 Å². The minimum absolute atomic E-state index is 0.0970. The van der Waals surface area contributed by atoms with Crippen molar-refractivity contribution in [2.24, 2.45) is 11.8 Å². The molecule has 3 heterocycles. The Hall–Kier alpha value is -1.17. The van der Waals surface area contributed by atoms with Crippen molar-refractivity contribution in [3.63, 3.8) is 0 Å². The number of hydrogen-bond donors (Lipinski definition) is 2. The van der Waals surface area contributed by atoms with E-state index in [1.54, 1.807) is 19.9 Å². The number of hydrogen-bond acceptors (Lipinski definition) is 5. The highest BCUT2D eigenvalue weighted by atomic mass is 16.6. The summed E-state index contributed by atoms with van der Waals surface area (Å²) in [6.07, 6.45) is 5.89. The van der Waals surface area contributed by atoms with Gasteiger partial charge in [-0.3, -0.25) is 0 Å². The van der Waals surface area contributed by atoms with Crippen LogP contribution in [-0.2, 0) is 14.3 Å². The molecule has 140 valence electrons. The smallest absolute Gasteiger partial charge is 0.334 e. The molecular formula is C20H30O5. The van der Waals surface area contributed by atoms with Gasteiger partial charge in [0, 0.05) is 11.5 Å². The van der Waals surface area contributed by atoms with Crippen molar-refractivity contribution in [1.82, 2.24) is 0 Å². The summed E-state index contributed by atoms with van der Waals surface area (Å²) in [4.78, 5) is 12.0. The van der Waals surface area contributed by atoms with Gasteiger partial charge in [0.2, 0.25) is 0 Å². The highest BCUT2D eigenvalue weighted by molar-refractivity contribution is 5.91. The lowest BCUT2D eigenvalue weighted by molar-refractivity contribution is -0.206. The van der Waals surface area contributed by atoms with E-state index in [4.69, 9.17) is 9.47 Å². The molecule has 2 N–H and O–H groups in total. The van der Waals surface area contributed by atoms with Gasteiger partial charge in [-0.2, -0.15) is 0 Å². The summed E-state index contributed by atoms with van der Waals surface area (Å²) in [5.41, 5.74) is -1.46. The van der Waals surface area contributed by atoms with Gasteiger partial charge >= 0.3 is 5.97 Å². The molecule has 0 aromatic carbocycles. The molecule has 3 aliphatic rings. The average molecular weight is 350 g/mol. The maximum Gasteiger partial charge on any atom is 0.334 e. The highest BCUT2D eigenvalue weighted by Gasteiger charge is 2.53. The molecule has 0 aromatic heterocycles. The highest BCUT2D eigenvalue weighted by Crippen LogP contribution is 2.44. The lowest BCUT2D eigenvalue weighted by Crippen LogP contribution is -2.54. The van der Waals surface area contributed by atoms with Crippen LogP contribution >= 0.6 is 0 Å². The zero-order valence-electron chi connectivity index (χ0n) is 15.4. The summed E-state index contributed by atoms with van der Waals surface area (Å²) in [6, 6.07) is 0. The quantitative estimate of drug-likeness (QED) is 0.399. The van der Waals surface area contributed by atoms with E-state index in [1.165, 1.54) is 0 Å². The van der Waals surface area contributed by atoms with Gasteiger partial charge in [0.05, 0.1) is 23.4 Å². The first-order valence-corrected chi connectivity index (χ1v) is 9.28. The van der Waals surface area contributed by atoms with E-state index in [0.29, 0.717) is 24.8 Å². The molecule has 7 atom stereocenters. The Labute approximate surface area is 149 Å². The van der Waals surface area contributed by atoms with Crippen molar-refractivity contribution in [3.05, 3.63) is 24.3 Å². The predicted octanol–water partition coefficient (Wildman–Crippen LogP) is 2.51. The Bertz CT molecular complexity index is 577. The standard InChI is InChI=1S/C20H30O5/c1-12-7-5-8-19(3,22)9-6-10-20(4,23)15-11-14-13(2)18(21)25-17(14)16(12)24-15/h6,9,12,14-17,22-23H,2,5,7-8,10-11H2,1,3-4H3/b9-6-/t12-,14+,15-,16-,17-,19+,20-/m1/s1. The molecule has 2 bridgehead atoms. The summed E-state index contributed by atoms with van der Waals surface area (Å²) >= 11 is 0. The zero-order valence-corrected chi connectivity index (χ0v) is 15.4. The Morgan fingerprint density at radius 1 is 1.28 bits per heavy atom. The zero-order chi connectivity index (χ0) is 18.4. The first-order valence-electron chi connectivity index (χ1n) is 9.28. The topological polar surface area (TPSA) is 76.0 Å². The molecule has 3 rings (SSSR count). The molecule has 2 fully saturated rings. The first-order chi connectivity index (χ1) is 11.6. The number of carbonyl (C=O) groups excluding carboxylic acids is 1. The minimum atomic E-state index is -1.08. The molecule has 0 spiro atoms. The molecule has 0 amide bonds. The van der Waals surface area contributed by atoms with E-state index in [0.717, 1.165) is 12.8 Å². The van der Waals surface area contributed by atoms with Crippen LogP contribution in [0.25, 0.3) is 0 Å². The molecule has 2 saturated heterocycles. The third-order valence-corrected chi connectivity index (χ3v) is 6.07. The van der Waals surface area contributed by atoms with E-state index < -0.39 is 17.3 Å². The van der Waals surface area contributed by atoms with E-state index >= 15 is 0 Å². The van der Waals surface area contributed by atoms with Crippen LogP contribution in [-0.4, -0.2) is 45.7 Å². The van der Waals surface area contributed by atoms with Crippen molar-refractivity contribution in [3.8, 4) is 0 Å². The molecule has 3 aliphatic heterocycles. The number of carbonyl (C=O) groups is 1. The summed E-state index contributed by atoms with van der Waals surface area (Å²) in [6.45, 7) is 9.55. The summed E-state index contributed by atoms with van der Waals surface area (Å²) in [5, 5.41) is 21.4. The Balaban J connectivity index is 1.92. The second-order valence-electron chi connectivity index (χ2n) is 8.52. The molecule has 5 nitrogen and oxygen atoms in total. The SMILES string of the molecule is C=C1C(=O)O[C@H]2[C@@H]3O[C@H](C[C@@H]12)[C@](C)(O)C/C=C\[C@@](C)(O)CCC[C@H]3C. The number of esters is 1. The van der Waals surface area contributed by atoms with Crippen molar-refractivity contribution < 1.29 is 24.5 Å². The molecular weight excluding hydrogens is 320 g/mol. The van der Waals surface area contributed by atoms with Gasteiger partial charge < -0.3 is 19.7 Å². The van der Waals surface area contributed by atoms with Gasteiger partial charge in [-0.1, -0.05) is 25.7 Å². The Morgan fingerprint density at radius 3 is 2.72 bits per heavy atom. The lowest BCUT2D eigenvalue weighted by Gasteiger charge is -2.45. The second kappa shape index (κ2) is 6.53. The maximum atomic E-state index is 12.0. The van der Waals surface area contributed by atoms with Crippen LogP contribution < -0.4 is 0 Å². The summed E-state index contributed by atoms with van der Waals surface area (Å²) < 4.78 is 11.8. The van der Waals surface area contributed by atoms with E-state index in [1.807, 2.05) is 6.08 Å². The van der Waals surface area contributed by atoms with Crippen LogP contribution in [0.5, 0.6) is 0 Å². The van der Waals surface area contributed by atoms with E-state index in [9.17, 15) is 15.0 Å². The molecule has 0 radical (unpaired) electrons. The molecule has 0 unspecified atom stereocenters. The van der Waals surface area contributed by atoms with Gasteiger partial charge in [-0.25, -0.2) is 4.79 Å². The van der Waals surface area contributed by atoms with Gasteiger partial charge in [0.25, 0.3) is 0 Å². The van der Waals surface area contributed by atoms with E-state index in [2.05, 4.69) is 13.5 Å².